The fourth-order valence-corrected chi connectivity index (χ4v) is 5.82. The van der Waals surface area contributed by atoms with Gasteiger partial charge in [-0.25, -0.2) is 0 Å². The highest BCUT2D eigenvalue weighted by Gasteiger charge is 2.55. The molecule has 2 heterocycles. The molecule has 0 spiro atoms. The normalized spacial score (nSPS) is 45.4. The molecule has 1 saturated carbocycles. The zero-order valence-corrected chi connectivity index (χ0v) is 23.7. The minimum Gasteiger partial charge on any atom is -0.395 e. The molecule has 3 rings (SSSR count). The lowest BCUT2D eigenvalue weighted by molar-refractivity contribution is -0.307. The van der Waals surface area contributed by atoms with Crippen molar-refractivity contribution in [2.24, 2.45) is 34.6 Å². The second-order valence-corrected chi connectivity index (χ2v) is 11.5. The maximum absolute atomic E-state index is 12.6. The van der Waals surface area contributed by atoms with Gasteiger partial charge in [-0.3, -0.25) is 4.79 Å². The van der Waals surface area contributed by atoms with Gasteiger partial charge in [0, 0.05) is 37.6 Å². The predicted octanol–water partition coefficient (Wildman–Crippen LogP) is -9.62. The maximum Gasteiger partial charge on any atom is 0.250 e. The number of carbonyl (C=O) groups is 1. The Morgan fingerprint density at radius 1 is 0.930 bits per heavy atom. The van der Waals surface area contributed by atoms with E-state index in [-0.39, 0.29) is 26.1 Å². The number of aliphatic hydroxyl groups excluding tert-OH is 8. The van der Waals surface area contributed by atoms with Crippen LogP contribution in [0.25, 0.3) is 0 Å². The van der Waals surface area contributed by atoms with Crippen LogP contribution in [0.4, 0.5) is 0 Å². The van der Waals surface area contributed by atoms with Crippen LogP contribution in [0, 0.1) is 5.92 Å². The summed E-state index contributed by atoms with van der Waals surface area (Å²) >= 11 is 0. The second kappa shape index (κ2) is 15.9. The number of carbonyl (C=O) groups excluding carboxylic acids is 1. The van der Waals surface area contributed by atoms with Gasteiger partial charge >= 0.3 is 0 Å². The Bertz CT molecular complexity index is 883. The first kappa shape index (κ1) is 36.3. The highest BCUT2D eigenvalue weighted by Crippen LogP contribution is 2.37. The average molecular weight is 628 g/mol. The van der Waals surface area contributed by atoms with E-state index in [2.05, 4.69) is 10.6 Å². The molecule has 2 aliphatic heterocycles. The van der Waals surface area contributed by atoms with Crippen molar-refractivity contribution in [1.29, 1.82) is 0 Å². The maximum atomic E-state index is 12.6. The van der Waals surface area contributed by atoms with E-state index in [9.17, 15) is 40.5 Å². The summed E-state index contributed by atoms with van der Waals surface area (Å²) in [6.45, 7) is -1.20. The molecule has 20 N–H and O–H groups in total. The van der Waals surface area contributed by atoms with Crippen molar-refractivity contribution in [3.05, 3.63) is 0 Å². The van der Waals surface area contributed by atoms with Crippen molar-refractivity contribution in [3.63, 3.8) is 0 Å². The Hall–Kier alpha value is -1.21. The molecule has 3 fully saturated rings. The molecule has 0 aromatic carbocycles. The van der Waals surface area contributed by atoms with Gasteiger partial charge in [-0.1, -0.05) is 0 Å². The van der Waals surface area contributed by atoms with Crippen LogP contribution in [-0.4, -0.2) is 177 Å². The Balaban J connectivity index is 1.88. The molecule has 17 unspecified atom stereocenters. The summed E-state index contributed by atoms with van der Waals surface area (Å²) in [6.07, 6.45) is -15.7. The summed E-state index contributed by atoms with van der Waals surface area (Å²) in [7, 11) is 0. The van der Waals surface area contributed by atoms with Gasteiger partial charge in [-0.05, 0) is 6.42 Å². The van der Waals surface area contributed by atoms with Crippen LogP contribution >= 0.6 is 0 Å². The SMILES string of the molecule is NCC(O)C(=O)NC1CC(N)C(C2OC(CNCC(N)CO)C(O)C(O)C2N)C(O)C1OC1OC(CO)C(O)C(N)C1O. The first-order valence-electron chi connectivity index (χ1n) is 14.3. The number of ether oxygens (including phenoxy) is 3. The fourth-order valence-electron chi connectivity index (χ4n) is 5.82. The van der Waals surface area contributed by atoms with Gasteiger partial charge in [0.2, 0.25) is 5.91 Å². The highest BCUT2D eigenvalue weighted by molar-refractivity contribution is 5.81. The smallest absolute Gasteiger partial charge is 0.250 e. The van der Waals surface area contributed by atoms with Crippen LogP contribution in [0.2, 0.25) is 0 Å². The molecular weight excluding hydrogens is 578 g/mol. The zero-order chi connectivity index (χ0) is 32.2. The van der Waals surface area contributed by atoms with Crippen molar-refractivity contribution in [1.82, 2.24) is 10.6 Å². The first-order chi connectivity index (χ1) is 20.3. The molecule has 19 heteroatoms. The average Bonchev–Trinajstić information content (AvgIpc) is 2.98. The van der Waals surface area contributed by atoms with E-state index in [0.29, 0.717) is 0 Å². The molecular formula is C24H49N7O12. The van der Waals surface area contributed by atoms with Gasteiger partial charge < -0.3 is 94.4 Å². The number of rotatable bonds is 12. The molecule has 0 radical (unpaired) electrons. The minimum atomic E-state index is -1.63. The number of aliphatic hydroxyl groups is 8. The standard InChI is InChI=1S/C24H49N7O12/c25-2-10(34)23(40)31-9-1-8(27)13(18(37)21(9)43-24-20(39)14(28)16(35)12(6-33)42-24)22-15(29)19(38)17(36)11(41-22)4-30-3-7(26)5-32/h7-22,24,30,32-39H,1-6,25-29H2,(H,31,40). The third-order valence-corrected chi connectivity index (χ3v) is 8.43. The Morgan fingerprint density at radius 2 is 1.60 bits per heavy atom. The van der Waals surface area contributed by atoms with E-state index in [0.717, 1.165) is 0 Å². The zero-order valence-electron chi connectivity index (χ0n) is 23.7. The van der Waals surface area contributed by atoms with Crippen LogP contribution in [-0.2, 0) is 19.0 Å². The van der Waals surface area contributed by atoms with E-state index in [1.165, 1.54) is 0 Å². The Labute approximate surface area is 248 Å². The molecule has 1 amide bonds. The Morgan fingerprint density at radius 3 is 2.21 bits per heavy atom. The number of nitrogens with two attached hydrogens (primary N) is 5. The fraction of sp³-hybridized carbons (Fsp3) is 0.958. The van der Waals surface area contributed by atoms with E-state index in [1.54, 1.807) is 0 Å². The molecule has 0 aromatic heterocycles. The van der Waals surface area contributed by atoms with E-state index >= 15 is 0 Å². The molecule has 43 heavy (non-hydrogen) atoms. The summed E-state index contributed by atoms with van der Waals surface area (Å²) in [5.74, 6) is -1.97. The third-order valence-electron chi connectivity index (χ3n) is 8.43. The predicted molar refractivity (Wildman–Crippen MR) is 146 cm³/mol. The number of hydrogen-bond acceptors (Lipinski definition) is 18. The monoisotopic (exact) mass is 627 g/mol. The van der Waals surface area contributed by atoms with Gasteiger partial charge in [0.25, 0.3) is 0 Å². The van der Waals surface area contributed by atoms with E-state index < -0.39 is 123 Å². The lowest BCUT2D eigenvalue weighted by Crippen LogP contribution is -2.72. The molecule has 0 bridgehead atoms. The molecule has 0 aromatic rings. The summed E-state index contributed by atoms with van der Waals surface area (Å²) in [5, 5.41) is 88.1. The van der Waals surface area contributed by atoms with Crippen LogP contribution in [0.1, 0.15) is 6.42 Å². The van der Waals surface area contributed by atoms with Crippen molar-refractivity contribution in [2.75, 3.05) is 32.8 Å². The van der Waals surface area contributed by atoms with Crippen molar-refractivity contribution in [2.45, 2.75) is 104 Å². The van der Waals surface area contributed by atoms with Crippen LogP contribution in [0.3, 0.4) is 0 Å². The number of amides is 1. The summed E-state index contributed by atoms with van der Waals surface area (Å²) < 4.78 is 17.5. The molecule has 17 atom stereocenters. The summed E-state index contributed by atoms with van der Waals surface area (Å²) in [5.41, 5.74) is 29.7. The van der Waals surface area contributed by atoms with Crippen molar-refractivity contribution in [3.8, 4) is 0 Å². The van der Waals surface area contributed by atoms with Gasteiger partial charge in [-0.2, -0.15) is 0 Å². The molecule has 1 aliphatic carbocycles. The quantitative estimate of drug-likeness (QED) is 0.0954. The van der Waals surface area contributed by atoms with E-state index in [1.807, 2.05) is 0 Å². The van der Waals surface area contributed by atoms with E-state index in [4.69, 9.17) is 48.0 Å². The topological polar surface area (TPSA) is 361 Å². The minimum absolute atomic E-state index is 0.00629. The van der Waals surface area contributed by atoms with Gasteiger partial charge in [0.15, 0.2) is 6.29 Å². The van der Waals surface area contributed by atoms with Crippen LogP contribution in [0.15, 0.2) is 0 Å². The molecule has 252 valence electrons. The molecule has 3 aliphatic rings. The lowest BCUT2D eigenvalue weighted by Gasteiger charge is -2.52. The second-order valence-electron chi connectivity index (χ2n) is 11.5. The van der Waals surface area contributed by atoms with Crippen LogP contribution < -0.4 is 39.3 Å². The number of nitrogens with one attached hydrogen (secondary N) is 2. The van der Waals surface area contributed by atoms with Crippen LogP contribution in [0.5, 0.6) is 0 Å². The lowest BCUT2D eigenvalue weighted by atomic mass is 9.71. The van der Waals surface area contributed by atoms with Gasteiger partial charge in [0.1, 0.15) is 42.7 Å². The Kier molecular flexibility index (Phi) is 13.4. The molecule has 19 nitrogen and oxygen atoms in total. The van der Waals surface area contributed by atoms with Crippen molar-refractivity contribution < 1.29 is 59.9 Å². The highest BCUT2D eigenvalue weighted by atomic mass is 16.7. The third kappa shape index (κ3) is 8.15. The summed E-state index contributed by atoms with van der Waals surface area (Å²) in [6, 6.07) is -5.16. The van der Waals surface area contributed by atoms with Gasteiger partial charge in [0.05, 0.1) is 49.7 Å². The largest absolute Gasteiger partial charge is 0.395 e. The van der Waals surface area contributed by atoms with Gasteiger partial charge in [-0.15, -0.1) is 0 Å². The first-order valence-corrected chi connectivity index (χ1v) is 14.3. The van der Waals surface area contributed by atoms with Crippen molar-refractivity contribution >= 4 is 5.91 Å². The molecule has 2 saturated heterocycles. The number of hydrogen-bond donors (Lipinski definition) is 15. The summed E-state index contributed by atoms with van der Waals surface area (Å²) in [4.78, 5) is 12.6.